The van der Waals surface area contributed by atoms with Crippen molar-refractivity contribution < 1.29 is 4.52 Å². The summed E-state index contributed by atoms with van der Waals surface area (Å²) in [6, 6.07) is 0. The summed E-state index contributed by atoms with van der Waals surface area (Å²) in [5.41, 5.74) is 0.0121. The SMILES string of the molecule is CCc1nsc(N2C[C@H]3CCC[C@@]3(c3nc(C(C)C)no3)C2)n1. The molecule has 0 spiro atoms. The van der Waals surface area contributed by atoms with E-state index in [0.717, 1.165) is 48.6 Å². The van der Waals surface area contributed by atoms with E-state index in [2.05, 4.69) is 40.2 Å². The van der Waals surface area contributed by atoms with Crippen molar-refractivity contribution in [2.75, 3.05) is 18.0 Å². The maximum atomic E-state index is 5.70. The Kier molecular flexibility index (Phi) is 3.63. The molecule has 124 valence electrons. The lowest BCUT2D eigenvalue weighted by Gasteiger charge is -2.23. The second kappa shape index (κ2) is 5.54. The summed E-state index contributed by atoms with van der Waals surface area (Å²) in [6.07, 6.45) is 4.50. The molecule has 0 N–H and O–H groups in total. The van der Waals surface area contributed by atoms with E-state index in [1.807, 2.05) is 0 Å². The highest BCUT2D eigenvalue weighted by molar-refractivity contribution is 7.09. The summed E-state index contributed by atoms with van der Waals surface area (Å²) in [5, 5.41) is 5.24. The van der Waals surface area contributed by atoms with Gasteiger partial charge in [-0.3, -0.25) is 0 Å². The summed E-state index contributed by atoms with van der Waals surface area (Å²) >= 11 is 1.51. The first-order valence-corrected chi connectivity index (χ1v) is 9.31. The summed E-state index contributed by atoms with van der Waals surface area (Å²) < 4.78 is 10.1. The van der Waals surface area contributed by atoms with Gasteiger partial charge in [0.25, 0.3) is 0 Å². The van der Waals surface area contributed by atoms with Gasteiger partial charge in [0, 0.05) is 37.0 Å². The lowest BCUT2D eigenvalue weighted by molar-refractivity contribution is 0.264. The first-order valence-electron chi connectivity index (χ1n) is 8.54. The number of aryl methyl sites for hydroxylation is 1. The summed E-state index contributed by atoms with van der Waals surface area (Å²) in [7, 11) is 0. The first-order chi connectivity index (χ1) is 11.1. The van der Waals surface area contributed by atoms with E-state index in [4.69, 9.17) is 9.51 Å². The van der Waals surface area contributed by atoms with Crippen LogP contribution in [0.3, 0.4) is 0 Å². The fourth-order valence-electron chi connectivity index (χ4n) is 3.97. The molecule has 0 aromatic carbocycles. The zero-order valence-corrected chi connectivity index (χ0v) is 14.8. The van der Waals surface area contributed by atoms with Gasteiger partial charge in [0.15, 0.2) is 5.82 Å². The van der Waals surface area contributed by atoms with Crippen LogP contribution >= 0.6 is 11.5 Å². The molecule has 1 saturated carbocycles. The summed E-state index contributed by atoms with van der Waals surface area (Å²) in [4.78, 5) is 11.8. The Bertz CT molecular complexity index is 696. The standard InChI is InChI=1S/C16H23N5OS/c1-4-12-17-15(23-20-12)21-8-11-6-5-7-16(11,9-21)14-18-13(10(2)3)19-22-14/h10-11H,4-9H2,1-3H3/t11-,16-/m1/s1. The Morgan fingerprint density at radius 1 is 1.39 bits per heavy atom. The Hall–Kier alpha value is -1.50. The van der Waals surface area contributed by atoms with Gasteiger partial charge in [0.05, 0.1) is 5.41 Å². The fraction of sp³-hybridized carbons (Fsp3) is 0.750. The molecule has 1 aliphatic heterocycles. The maximum absolute atomic E-state index is 5.70. The molecule has 2 aromatic heterocycles. The average molecular weight is 333 g/mol. The number of aromatic nitrogens is 4. The van der Waals surface area contributed by atoms with Crippen molar-refractivity contribution in [3.8, 4) is 0 Å². The van der Waals surface area contributed by atoms with Crippen LogP contribution in [-0.2, 0) is 11.8 Å². The van der Waals surface area contributed by atoms with Gasteiger partial charge in [-0.05, 0) is 18.8 Å². The third kappa shape index (κ3) is 2.36. The van der Waals surface area contributed by atoms with Gasteiger partial charge in [0.2, 0.25) is 11.0 Å². The normalized spacial score (nSPS) is 27.1. The lowest BCUT2D eigenvalue weighted by Crippen LogP contribution is -2.32. The van der Waals surface area contributed by atoms with Gasteiger partial charge in [-0.2, -0.15) is 9.36 Å². The van der Waals surface area contributed by atoms with E-state index >= 15 is 0 Å². The number of hydrogen-bond donors (Lipinski definition) is 0. The molecule has 0 unspecified atom stereocenters. The van der Waals surface area contributed by atoms with Crippen LogP contribution in [0.2, 0.25) is 0 Å². The van der Waals surface area contributed by atoms with Crippen LogP contribution in [0.1, 0.15) is 63.5 Å². The lowest BCUT2D eigenvalue weighted by atomic mass is 9.80. The molecular weight excluding hydrogens is 310 g/mol. The molecule has 0 bridgehead atoms. The van der Waals surface area contributed by atoms with E-state index < -0.39 is 0 Å². The molecule has 2 aliphatic rings. The molecule has 3 heterocycles. The summed E-state index contributed by atoms with van der Waals surface area (Å²) in [6.45, 7) is 8.26. The predicted octanol–water partition coefficient (Wildman–Crippen LogP) is 3.17. The van der Waals surface area contributed by atoms with Gasteiger partial charge in [-0.1, -0.05) is 32.3 Å². The largest absolute Gasteiger partial charge is 0.345 e. The van der Waals surface area contributed by atoms with Crippen LogP contribution in [0.5, 0.6) is 0 Å². The molecule has 2 aromatic rings. The van der Waals surface area contributed by atoms with E-state index in [9.17, 15) is 0 Å². The van der Waals surface area contributed by atoms with E-state index in [1.165, 1.54) is 24.4 Å². The molecule has 0 radical (unpaired) electrons. The van der Waals surface area contributed by atoms with Crippen LogP contribution in [0, 0.1) is 5.92 Å². The second-order valence-corrected chi connectivity index (χ2v) is 7.82. The molecule has 23 heavy (non-hydrogen) atoms. The monoisotopic (exact) mass is 333 g/mol. The third-order valence-corrected chi connectivity index (χ3v) is 6.11. The molecule has 1 saturated heterocycles. The summed E-state index contributed by atoms with van der Waals surface area (Å²) in [5.74, 6) is 3.48. The topological polar surface area (TPSA) is 67.9 Å². The Morgan fingerprint density at radius 2 is 2.26 bits per heavy atom. The van der Waals surface area contributed by atoms with E-state index in [1.54, 1.807) is 0 Å². The van der Waals surface area contributed by atoms with Gasteiger partial charge in [-0.25, -0.2) is 4.98 Å². The number of nitrogens with zero attached hydrogens (tertiary/aromatic N) is 5. The van der Waals surface area contributed by atoms with Crippen molar-refractivity contribution >= 4 is 16.7 Å². The third-order valence-electron chi connectivity index (χ3n) is 5.30. The van der Waals surface area contributed by atoms with Crippen molar-refractivity contribution in [3.05, 3.63) is 17.5 Å². The molecule has 1 aliphatic carbocycles. The van der Waals surface area contributed by atoms with Crippen molar-refractivity contribution in [2.24, 2.45) is 5.92 Å². The smallest absolute Gasteiger partial charge is 0.235 e. The Morgan fingerprint density at radius 3 is 2.96 bits per heavy atom. The van der Waals surface area contributed by atoms with Crippen LogP contribution < -0.4 is 4.90 Å². The number of anilines is 1. The van der Waals surface area contributed by atoms with E-state index in [0.29, 0.717) is 11.8 Å². The zero-order valence-electron chi connectivity index (χ0n) is 13.9. The maximum Gasteiger partial charge on any atom is 0.235 e. The van der Waals surface area contributed by atoms with Crippen molar-refractivity contribution in [1.82, 2.24) is 19.5 Å². The van der Waals surface area contributed by atoms with Crippen LogP contribution in [0.15, 0.2) is 4.52 Å². The van der Waals surface area contributed by atoms with Crippen molar-refractivity contribution in [3.63, 3.8) is 0 Å². The van der Waals surface area contributed by atoms with Gasteiger partial charge in [0.1, 0.15) is 5.82 Å². The number of hydrogen-bond acceptors (Lipinski definition) is 7. The predicted molar refractivity (Wildman–Crippen MR) is 88.9 cm³/mol. The zero-order chi connectivity index (χ0) is 16.0. The number of rotatable bonds is 4. The minimum absolute atomic E-state index is 0.0121. The van der Waals surface area contributed by atoms with Gasteiger partial charge >= 0.3 is 0 Å². The Labute approximate surface area is 140 Å². The first kappa shape index (κ1) is 15.1. The molecule has 6 nitrogen and oxygen atoms in total. The van der Waals surface area contributed by atoms with Gasteiger partial charge in [-0.15, -0.1) is 0 Å². The average Bonchev–Trinajstić information content (AvgIpc) is 3.27. The molecule has 7 heteroatoms. The number of fused-ring (bicyclic) bond motifs is 1. The molecule has 4 rings (SSSR count). The highest BCUT2D eigenvalue weighted by atomic mass is 32.1. The van der Waals surface area contributed by atoms with Crippen LogP contribution in [0.4, 0.5) is 5.13 Å². The van der Waals surface area contributed by atoms with Gasteiger partial charge < -0.3 is 9.42 Å². The second-order valence-electron chi connectivity index (χ2n) is 7.08. The minimum atomic E-state index is 0.0121. The highest BCUT2D eigenvalue weighted by Gasteiger charge is 2.54. The van der Waals surface area contributed by atoms with Crippen molar-refractivity contribution in [1.29, 1.82) is 0 Å². The van der Waals surface area contributed by atoms with Crippen LogP contribution in [0.25, 0.3) is 0 Å². The highest BCUT2D eigenvalue weighted by Crippen LogP contribution is 2.51. The molecule has 2 fully saturated rings. The minimum Gasteiger partial charge on any atom is -0.345 e. The fourth-order valence-corrected chi connectivity index (χ4v) is 4.73. The quantitative estimate of drug-likeness (QED) is 0.856. The Balaban J connectivity index is 1.63. The van der Waals surface area contributed by atoms with Crippen LogP contribution in [-0.4, -0.2) is 32.6 Å². The molecular formula is C16H23N5OS. The van der Waals surface area contributed by atoms with Crippen molar-refractivity contribution in [2.45, 2.75) is 57.8 Å². The molecule has 2 atom stereocenters. The van der Waals surface area contributed by atoms with E-state index in [-0.39, 0.29) is 5.41 Å². The molecule has 0 amide bonds.